The number of piperidine rings is 1. The van der Waals surface area contributed by atoms with E-state index in [1.807, 2.05) is 5.32 Å². The van der Waals surface area contributed by atoms with Gasteiger partial charge < -0.3 is 5.32 Å². The van der Waals surface area contributed by atoms with Crippen LogP contribution in [0.15, 0.2) is 40.5 Å². The van der Waals surface area contributed by atoms with Crippen LogP contribution in [0, 0.1) is 15.9 Å². The first-order valence-corrected chi connectivity index (χ1v) is 12.3. The summed E-state index contributed by atoms with van der Waals surface area (Å²) in [5.41, 5.74) is 2.10. The molecule has 220 valence electrons. The predicted octanol–water partition coefficient (Wildman–Crippen LogP) is 4.16. The van der Waals surface area contributed by atoms with Gasteiger partial charge in [-0.1, -0.05) is 0 Å². The minimum atomic E-state index is -6.66. The molecule has 2 saturated heterocycles. The van der Waals surface area contributed by atoms with Gasteiger partial charge in [0, 0.05) is 41.9 Å². The molecule has 0 aliphatic carbocycles. The van der Waals surface area contributed by atoms with Gasteiger partial charge in [0.1, 0.15) is 5.66 Å². The van der Waals surface area contributed by atoms with Crippen LogP contribution < -0.4 is 16.4 Å². The molecule has 4 heterocycles. The summed E-state index contributed by atoms with van der Waals surface area (Å²) in [7, 11) is 0. The second-order valence-electron chi connectivity index (χ2n) is 9.12. The number of hydrogen-bond acceptors (Lipinski definition) is 10. The van der Waals surface area contributed by atoms with Crippen LogP contribution in [0.2, 0.25) is 0 Å². The maximum Gasteiger partial charge on any atom is 0.460 e. The lowest BCUT2D eigenvalue weighted by molar-refractivity contribution is -0.384. The zero-order valence-corrected chi connectivity index (χ0v) is 20.9. The van der Waals surface area contributed by atoms with Gasteiger partial charge in [0.15, 0.2) is 11.6 Å². The maximum absolute atomic E-state index is 14.6. The molecule has 1 amide bonds. The first kappa shape index (κ1) is 28.7. The first-order chi connectivity index (χ1) is 19.1. The molecule has 20 heteroatoms. The highest BCUT2D eigenvalue weighted by Gasteiger charge is 2.73. The molecule has 0 atom stereocenters. The molecule has 1 aromatic carbocycles. The number of non-ortho nitro benzene ring substituents is 1. The number of carbonyl (C=O) groups is 1. The fourth-order valence-electron chi connectivity index (χ4n) is 4.46. The van der Waals surface area contributed by atoms with Crippen LogP contribution in [0.4, 0.5) is 46.6 Å². The number of amidine groups is 1. The van der Waals surface area contributed by atoms with Crippen molar-refractivity contribution in [1.29, 1.82) is 0 Å². The highest BCUT2D eigenvalue weighted by atomic mass is 32.2. The van der Waals surface area contributed by atoms with Crippen LogP contribution in [0.1, 0.15) is 28.8 Å². The summed E-state index contributed by atoms with van der Waals surface area (Å²) in [5.74, 6) is -16.6. The molecule has 0 radical (unpaired) electrons. The summed E-state index contributed by atoms with van der Waals surface area (Å²) >= 11 is 0.910. The predicted molar refractivity (Wildman–Crippen MR) is 125 cm³/mol. The molecule has 2 aromatic rings. The second kappa shape index (κ2) is 9.65. The van der Waals surface area contributed by atoms with Crippen molar-refractivity contribution in [3.63, 3.8) is 0 Å². The first-order valence-electron chi connectivity index (χ1n) is 11.5. The Morgan fingerprint density at radius 3 is 2.34 bits per heavy atom. The Morgan fingerprint density at radius 2 is 1.80 bits per heavy atom. The van der Waals surface area contributed by atoms with E-state index in [0.29, 0.717) is 5.17 Å². The zero-order chi connectivity index (χ0) is 30.0. The fraction of sp³-hybridized carbons (Fsp3) is 0.381. The number of hydrogen-bond donors (Lipinski definition) is 3. The topological polar surface area (TPSA) is 128 Å². The number of nitrogens with zero attached hydrogens (tertiary/aromatic N) is 5. The number of hydrazine groups is 2. The number of nitro groups is 1. The Labute approximate surface area is 228 Å². The van der Waals surface area contributed by atoms with Crippen molar-refractivity contribution in [2.75, 3.05) is 18.4 Å². The number of hydrazone groups is 1. The van der Waals surface area contributed by atoms with Crippen LogP contribution in [0.5, 0.6) is 0 Å². The quantitative estimate of drug-likeness (QED) is 0.240. The maximum atomic E-state index is 14.6. The monoisotopic (exact) mass is 612 g/mol. The largest absolute Gasteiger partial charge is 0.460 e. The summed E-state index contributed by atoms with van der Waals surface area (Å²) in [6.07, 6.45) is -5.19. The number of aromatic nitrogens is 1. The molecule has 11 nitrogen and oxygen atoms in total. The molecule has 0 spiro atoms. The third-order valence-corrected chi connectivity index (χ3v) is 7.91. The fourth-order valence-corrected chi connectivity index (χ4v) is 5.45. The molecule has 41 heavy (non-hydrogen) atoms. The van der Waals surface area contributed by atoms with E-state index < -0.39 is 57.3 Å². The van der Waals surface area contributed by atoms with Gasteiger partial charge in [0.05, 0.1) is 10.5 Å². The van der Waals surface area contributed by atoms with Crippen LogP contribution in [-0.4, -0.2) is 61.7 Å². The SMILES string of the molecule is O=C(Nc1ncc(C(F)(F)C(F)(F)C(F)(F)F)cc1F)c1cc([N+](=O)[O-])ccc1SC1=NNNN1C12CCN1CC2. The Morgan fingerprint density at radius 1 is 1.12 bits per heavy atom. The number of nitrogens with one attached hydrogen (secondary N) is 3. The van der Waals surface area contributed by atoms with Crippen molar-refractivity contribution in [3.8, 4) is 0 Å². The van der Waals surface area contributed by atoms with Crippen LogP contribution in [0.25, 0.3) is 0 Å². The molecule has 0 bridgehead atoms. The van der Waals surface area contributed by atoms with Gasteiger partial charge >= 0.3 is 18.0 Å². The van der Waals surface area contributed by atoms with E-state index in [9.17, 15) is 50.0 Å². The van der Waals surface area contributed by atoms with Crippen molar-refractivity contribution in [3.05, 3.63) is 57.5 Å². The zero-order valence-electron chi connectivity index (χ0n) is 20.1. The van der Waals surface area contributed by atoms with Gasteiger partial charge in [0.25, 0.3) is 11.6 Å². The Hall–Kier alpha value is -3.78. The van der Waals surface area contributed by atoms with E-state index in [0.717, 1.165) is 49.8 Å². The standard InChI is InChI=1S/C21H16F8N8O3S/c22-13-7-10(19(23,24)20(25,26)21(27,28)29)9-30-15(13)31-16(38)12-8-11(37(39)40)1-2-14(12)41-17-32-33-34-36(17)18-3-5-35(18)6-4-18/h1-2,7-9,33-34H,3-6H2,(H,30,31,38). The number of halogens is 8. The van der Waals surface area contributed by atoms with Gasteiger partial charge in [-0.05, 0) is 36.7 Å². The lowest BCUT2D eigenvalue weighted by Crippen LogP contribution is -2.79. The van der Waals surface area contributed by atoms with Crippen LogP contribution >= 0.6 is 11.8 Å². The van der Waals surface area contributed by atoms with Gasteiger partial charge in [-0.25, -0.2) is 19.9 Å². The number of fused-ring (bicyclic) bond motifs is 1. The minimum absolute atomic E-state index is 0.0947. The molecule has 2 fully saturated rings. The van der Waals surface area contributed by atoms with Gasteiger partial charge in [0.2, 0.25) is 5.17 Å². The average molecular weight is 612 g/mol. The summed E-state index contributed by atoms with van der Waals surface area (Å²) in [4.78, 5) is 28.9. The number of carbonyl (C=O) groups excluding carboxylic acids is 1. The number of nitro benzene ring substituents is 1. The van der Waals surface area contributed by atoms with Gasteiger partial charge in [-0.15, -0.1) is 10.6 Å². The lowest BCUT2D eigenvalue weighted by Gasteiger charge is -2.64. The van der Waals surface area contributed by atoms with Gasteiger partial charge in [-0.2, -0.15) is 30.7 Å². The molecule has 0 saturated carbocycles. The van der Waals surface area contributed by atoms with Crippen molar-refractivity contribution in [1.82, 2.24) is 26.0 Å². The van der Waals surface area contributed by atoms with E-state index in [2.05, 4.69) is 26.1 Å². The van der Waals surface area contributed by atoms with E-state index in [-0.39, 0.29) is 22.8 Å². The average Bonchev–Trinajstić information content (AvgIpc) is 3.34. The summed E-state index contributed by atoms with van der Waals surface area (Å²) in [6.45, 7) is 1.72. The molecular weight excluding hydrogens is 596 g/mol. The number of benzene rings is 1. The van der Waals surface area contributed by atoms with Crippen LogP contribution in [-0.2, 0) is 5.92 Å². The Kier molecular flexibility index (Phi) is 6.77. The summed E-state index contributed by atoms with van der Waals surface area (Å²) in [6, 6.07) is 2.84. The van der Waals surface area contributed by atoms with Crippen molar-refractivity contribution < 1.29 is 44.8 Å². The van der Waals surface area contributed by atoms with Gasteiger partial charge in [-0.3, -0.25) is 19.8 Å². The smallest absolute Gasteiger partial charge is 0.304 e. The third kappa shape index (κ3) is 4.58. The number of alkyl halides is 7. The number of anilines is 1. The summed E-state index contributed by atoms with van der Waals surface area (Å²) in [5, 5.41) is 19.4. The number of rotatable bonds is 7. The lowest BCUT2D eigenvalue weighted by atomic mass is 9.81. The number of thioether (sulfide) groups is 1. The normalized spacial score (nSPS) is 18.5. The molecule has 5 rings (SSSR count). The molecular formula is C21H16F8N8O3S. The second-order valence-corrected chi connectivity index (χ2v) is 10.1. The Balaban J connectivity index is 1.40. The van der Waals surface area contributed by atoms with E-state index in [1.54, 1.807) is 5.01 Å². The van der Waals surface area contributed by atoms with E-state index >= 15 is 0 Å². The minimum Gasteiger partial charge on any atom is -0.304 e. The third-order valence-electron chi connectivity index (χ3n) is 6.88. The van der Waals surface area contributed by atoms with Crippen molar-refractivity contribution in [2.45, 2.75) is 41.4 Å². The number of amides is 1. The van der Waals surface area contributed by atoms with Crippen molar-refractivity contribution >= 4 is 34.3 Å². The molecule has 3 N–H and O–H groups in total. The van der Waals surface area contributed by atoms with Crippen LogP contribution in [0.3, 0.4) is 0 Å². The molecule has 3 aliphatic heterocycles. The number of pyridine rings is 1. The highest BCUT2D eigenvalue weighted by Crippen LogP contribution is 2.52. The van der Waals surface area contributed by atoms with Crippen molar-refractivity contribution in [2.24, 2.45) is 5.10 Å². The Bertz CT molecular complexity index is 1450. The summed E-state index contributed by atoms with van der Waals surface area (Å²) < 4.78 is 107. The molecule has 3 aliphatic rings. The highest BCUT2D eigenvalue weighted by molar-refractivity contribution is 8.13. The van der Waals surface area contributed by atoms with E-state index in [1.165, 1.54) is 6.07 Å². The van der Waals surface area contributed by atoms with E-state index in [4.69, 9.17) is 0 Å². The molecule has 0 unspecified atom stereocenters. The molecule has 1 aromatic heterocycles.